The molecule has 1 amide bonds. The monoisotopic (exact) mass is 235 g/mol. The van der Waals surface area contributed by atoms with Crippen LogP contribution in [0.25, 0.3) is 0 Å². The second kappa shape index (κ2) is 4.65. The molecule has 17 heavy (non-hydrogen) atoms. The molecule has 1 aromatic rings. The van der Waals surface area contributed by atoms with Gasteiger partial charge in [0.1, 0.15) is 11.5 Å². The van der Waals surface area contributed by atoms with E-state index in [9.17, 15) is 4.79 Å². The van der Waals surface area contributed by atoms with Crippen LogP contribution in [0.15, 0.2) is 18.2 Å². The molecule has 1 aliphatic carbocycles. The zero-order valence-corrected chi connectivity index (χ0v) is 10.4. The van der Waals surface area contributed by atoms with Crippen LogP contribution in [0.5, 0.6) is 11.5 Å². The van der Waals surface area contributed by atoms with Crippen LogP contribution in [0, 0.1) is 0 Å². The molecule has 0 saturated heterocycles. The molecule has 2 rings (SSSR count). The number of carbonyl (C=O) groups is 1. The highest BCUT2D eigenvalue weighted by atomic mass is 16.5. The molecule has 4 heteroatoms. The molecule has 1 aliphatic rings. The number of amides is 1. The fourth-order valence-electron chi connectivity index (χ4n) is 1.51. The van der Waals surface area contributed by atoms with Gasteiger partial charge in [0.2, 0.25) is 0 Å². The third-order valence-corrected chi connectivity index (χ3v) is 2.64. The van der Waals surface area contributed by atoms with E-state index in [4.69, 9.17) is 9.47 Å². The van der Waals surface area contributed by atoms with E-state index in [0.29, 0.717) is 17.1 Å². The van der Waals surface area contributed by atoms with E-state index in [1.54, 1.807) is 44.3 Å². The molecule has 1 saturated carbocycles. The van der Waals surface area contributed by atoms with Crippen LogP contribution >= 0.6 is 0 Å². The Balaban J connectivity index is 2.31. The van der Waals surface area contributed by atoms with Crippen LogP contribution < -0.4 is 9.47 Å². The van der Waals surface area contributed by atoms with Crippen molar-refractivity contribution in [2.75, 3.05) is 21.2 Å². The summed E-state index contributed by atoms with van der Waals surface area (Å²) < 4.78 is 10.9. The van der Waals surface area contributed by atoms with Crippen LogP contribution in [-0.4, -0.2) is 38.1 Å². The Morgan fingerprint density at radius 2 is 2.06 bits per heavy atom. The summed E-state index contributed by atoms with van der Waals surface area (Å²) in [5.41, 5.74) is 0.586. The molecule has 0 aromatic heterocycles. The fourth-order valence-corrected chi connectivity index (χ4v) is 1.51. The third kappa shape index (κ3) is 2.70. The number of ether oxygens (including phenoxy) is 2. The molecule has 0 N–H and O–H groups in total. The average molecular weight is 235 g/mol. The highest BCUT2D eigenvalue weighted by molar-refractivity contribution is 5.96. The van der Waals surface area contributed by atoms with Gasteiger partial charge in [-0.1, -0.05) is 0 Å². The van der Waals surface area contributed by atoms with Gasteiger partial charge in [0.15, 0.2) is 0 Å². The summed E-state index contributed by atoms with van der Waals surface area (Å²) in [6.07, 6.45) is 2.38. The fraction of sp³-hybridized carbons (Fsp3) is 0.462. The Morgan fingerprint density at radius 1 is 1.35 bits per heavy atom. The second-order valence-corrected chi connectivity index (χ2v) is 4.38. The lowest BCUT2D eigenvalue weighted by Crippen LogP contribution is -2.22. The van der Waals surface area contributed by atoms with Gasteiger partial charge in [0.25, 0.3) is 5.91 Å². The minimum Gasteiger partial charge on any atom is -0.497 e. The van der Waals surface area contributed by atoms with Gasteiger partial charge in [-0.05, 0) is 25.0 Å². The molecule has 0 atom stereocenters. The predicted molar refractivity (Wildman–Crippen MR) is 64.7 cm³/mol. The topological polar surface area (TPSA) is 38.8 Å². The first-order valence-corrected chi connectivity index (χ1v) is 5.68. The van der Waals surface area contributed by atoms with E-state index in [0.717, 1.165) is 12.8 Å². The summed E-state index contributed by atoms with van der Waals surface area (Å²) >= 11 is 0. The maximum atomic E-state index is 12.0. The first-order valence-electron chi connectivity index (χ1n) is 5.68. The molecule has 0 spiro atoms. The Morgan fingerprint density at radius 3 is 2.59 bits per heavy atom. The van der Waals surface area contributed by atoms with Gasteiger partial charge in [-0.25, -0.2) is 0 Å². The molecular formula is C13H17NO3. The van der Waals surface area contributed by atoms with Crippen molar-refractivity contribution in [3.8, 4) is 11.5 Å². The maximum Gasteiger partial charge on any atom is 0.257 e. The van der Waals surface area contributed by atoms with Crippen molar-refractivity contribution in [1.82, 2.24) is 4.90 Å². The number of nitrogens with zero attached hydrogens (tertiary/aromatic N) is 1. The zero-order chi connectivity index (χ0) is 12.4. The summed E-state index contributed by atoms with van der Waals surface area (Å²) in [4.78, 5) is 13.5. The molecule has 1 aromatic carbocycles. The lowest BCUT2D eigenvalue weighted by Gasteiger charge is -2.15. The molecule has 0 bridgehead atoms. The Bertz CT molecular complexity index is 425. The van der Waals surface area contributed by atoms with Crippen molar-refractivity contribution in [3.63, 3.8) is 0 Å². The van der Waals surface area contributed by atoms with Gasteiger partial charge in [0, 0.05) is 20.2 Å². The quantitative estimate of drug-likeness (QED) is 0.800. The van der Waals surface area contributed by atoms with Crippen molar-refractivity contribution in [2.45, 2.75) is 18.9 Å². The number of methoxy groups -OCH3 is 1. The van der Waals surface area contributed by atoms with Gasteiger partial charge >= 0.3 is 0 Å². The molecule has 0 unspecified atom stereocenters. The van der Waals surface area contributed by atoms with Crippen molar-refractivity contribution >= 4 is 5.91 Å². The van der Waals surface area contributed by atoms with E-state index in [-0.39, 0.29) is 12.0 Å². The summed E-state index contributed by atoms with van der Waals surface area (Å²) in [5.74, 6) is 1.27. The molecule has 92 valence electrons. The van der Waals surface area contributed by atoms with E-state index in [2.05, 4.69) is 0 Å². The van der Waals surface area contributed by atoms with Crippen LogP contribution in [0.3, 0.4) is 0 Å². The first kappa shape index (κ1) is 11.8. The maximum absolute atomic E-state index is 12.0. The lowest BCUT2D eigenvalue weighted by molar-refractivity contribution is 0.0823. The minimum atomic E-state index is -0.0525. The van der Waals surface area contributed by atoms with Crippen molar-refractivity contribution in [2.24, 2.45) is 0 Å². The molecule has 1 fully saturated rings. The summed E-state index contributed by atoms with van der Waals surface area (Å²) in [6, 6.07) is 5.30. The number of rotatable bonds is 4. The van der Waals surface area contributed by atoms with E-state index >= 15 is 0 Å². The number of carbonyl (C=O) groups excluding carboxylic acids is 1. The summed E-state index contributed by atoms with van der Waals surface area (Å²) in [6.45, 7) is 0. The van der Waals surface area contributed by atoms with Crippen LogP contribution in [0.4, 0.5) is 0 Å². The van der Waals surface area contributed by atoms with Gasteiger partial charge in [-0.15, -0.1) is 0 Å². The predicted octanol–water partition coefficient (Wildman–Crippen LogP) is 1.94. The summed E-state index contributed by atoms with van der Waals surface area (Å²) in [5, 5.41) is 0. The van der Waals surface area contributed by atoms with Gasteiger partial charge in [-0.3, -0.25) is 4.79 Å². The molecule has 4 nitrogen and oxygen atoms in total. The highest BCUT2D eigenvalue weighted by Gasteiger charge is 2.26. The molecule has 0 heterocycles. The van der Waals surface area contributed by atoms with Gasteiger partial charge in [0.05, 0.1) is 18.8 Å². The lowest BCUT2D eigenvalue weighted by atomic mass is 10.1. The Kier molecular flexibility index (Phi) is 3.22. The van der Waals surface area contributed by atoms with Crippen molar-refractivity contribution < 1.29 is 14.3 Å². The Labute approximate surface area is 101 Å². The van der Waals surface area contributed by atoms with Crippen LogP contribution in [0.1, 0.15) is 23.2 Å². The molecule has 0 radical (unpaired) electrons. The van der Waals surface area contributed by atoms with Crippen LogP contribution in [-0.2, 0) is 0 Å². The number of benzene rings is 1. The SMILES string of the molecule is COc1ccc(C(=O)N(C)C)c(OC2CC2)c1. The second-order valence-electron chi connectivity index (χ2n) is 4.38. The average Bonchev–Trinajstić information content (AvgIpc) is 3.11. The van der Waals surface area contributed by atoms with E-state index in [1.165, 1.54) is 0 Å². The highest BCUT2D eigenvalue weighted by Crippen LogP contribution is 2.32. The van der Waals surface area contributed by atoms with Crippen molar-refractivity contribution in [1.29, 1.82) is 0 Å². The van der Waals surface area contributed by atoms with Crippen molar-refractivity contribution in [3.05, 3.63) is 23.8 Å². The smallest absolute Gasteiger partial charge is 0.257 e. The Hall–Kier alpha value is -1.71. The van der Waals surface area contributed by atoms with Gasteiger partial charge in [-0.2, -0.15) is 0 Å². The van der Waals surface area contributed by atoms with E-state index < -0.39 is 0 Å². The molecular weight excluding hydrogens is 218 g/mol. The zero-order valence-electron chi connectivity index (χ0n) is 10.4. The summed E-state index contributed by atoms with van der Waals surface area (Å²) in [7, 11) is 5.06. The standard InChI is InChI=1S/C13H17NO3/c1-14(2)13(15)11-7-6-10(16-3)8-12(11)17-9-4-5-9/h6-9H,4-5H2,1-3H3. The first-order chi connectivity index (χ1) is 8.11. The minimum absolute atomic E-state index is 0.0525. The molecule has 0 aliphatic heterocycles. The third-order valence-electron chi connectivity index (χ3n) is 2.64. The van der Waals surface area contributed by atoms with E-state index in [1.807, 2.05) is 0 Å². The number of hydrogen-bond acceptors (Lipinski definition) is 3. The normalized spacial score (nSPS) is 14.3. The number of hydrogen-bond donors (Lipinski definition) is 0. The largest absolute Gasteiger partial charge is 0.497 e. The van der Waals surface area contributed by atoms with Gasteiger partial charge < -0.3 is 14.4 Å². The van der Waals surface area contributed by atoms with Crippen LogP contribution in [0.2, 0.25) is 0 Å².